The lowest BCUT2D eigenvalue weighted by atomic mass is 10.2. The van der Waals surface area contributed by atoms with Gasteiger partial charge >= 0.3 is 0 Å². The number of aryl methyl sites for hydroxylation is 2. The number of hydrogen-bond donors (Lipinski definition) is 2. The summed E-state index contributed by atoms with van der Waals surface area (Å²) in [6.45, 7) is 7.59. The molecule has 32 heavy (non-hydrogen) atoms. The molecule has 1 atom stereocenters. The van der Waals surface area contributed by atoms with Crippen molar-refractivity contribution in [3.8, 4) is 11.6 Å². The first kappa shape index (κ1) is 23.3. The maximum atomic E-state index is 12.7. The van der Waals surface area contributed by atoms with Gasteiger partial charge in [0.15, 0.2) is 0 Å². The summed E-state index contributed by atoms with van der Waals surface area (Å²) in [6.07, 6.45) is 2.35. The van der Waals surface area contributed by atoms with E-state index in [0.29, 0.717) is 22.6 Å². The quantitative estimate of drug-likeness (QED) is 0.510. The van der Waals surface area contributed by atoms with Crippen molar-refractivity contribution in [2.75, 3.05) is 4.72 Å². The lowest BCUT2D eigenvalue weighted by Gasteiger charge is -2.14. The second-order valence-corrected chi connectivity index (χ2v) is 9.29. The largest absolute Gasteiger partial charge is 0.438 e. The molecule has 0 unspecified atom stereocenters. The predicted octanol–water partition coefficient (Wildman–Crippen LogP) is 4.82. The number of hydrogen-bond acceptors (Lipinski definition) is 5. The van der Waals surface area contributed by atoms with Gasteiger partial charge in [-0.3, -0.25) is 9.52 Å². The first-order valence-electron chi connectivity index (χ1n) is 10.3. The number of sulfonamides is 1. The fourth-order valence-corrected chi connectivity index (χ4v) is 4.35. The van der Waals surface area contributed by atoms with Crippen molar-refractivity contribution in [3.05, 3.63) is 77.5 Å². The third-order valence-electron chi connectivity index (χ3n) is 4.95. The molecule has 0 aliphatic rings. The zero-order valence-electron chi connectivity index (χ0n) is 18.5. The summed E-state index contributed by atoms with van der Waals surface area (Å²) in [7, 11) is -3.72. The van der Waals surface area contributed by atoms with E-state index in [0.717, 1.165) is 12.0 Å². The van der Waals surface area contributed by atoms with Crippen molar-refractivity contribution < 1.29 is 17.9 Å². The van der Waals surface area contributed by atoms with Gasteiger partial charge in [0, 0.05) is 17.9 Å². The summed E-state index contributed by atoms with van der Waals surface area (Å²) in [6, 6.07) is 15.0. The van der Waals surface area contributed by atoms with Crippen LogP contribution in [0.3, 0.4) is 0 Å². The molecule has 0 bridgehead atoms. The topological polar surface area (TPSA) is 97.4 Å². The number of rotatable bonds is 8. The van der Waals surface area contributed by atoms with Gasteiger partial charge in [-0.1, -0.05) is 24.6 Å². The summed E-state index contributed by atoms with van der Waals surface area (Å²) in [5.41, 5.74) is 2.39. The molecule has 7 nitrogen and oxygen atoms in total. The second kappa shape index (κ2) is 9.82. The number of carbonyl (C=O) groups excluding carboxylic acids is 1. The fourth-order valence-electron chi connectivity index (χ4n) is 3.06. The van der Waals surface area contributed by atoms with Crippen LogP contribution >= 0.6 is 0 Å². The third-order valence-corrected chi connectivity index (χ3v) is 6.49. The summed E-state index contributed by atoms with van der Waals surface area (Å²) < 4.78 is 33.9. The van der Waals surface area contributed by atoms with Crippen molar-refractivity contribution in [2.45, 2.75) is 45.1 Å². The van der Waals surface area contributed by atoms with Gasteiger partial charge in [-0.2, -0.15) is 0 Å². The Bertz CT molecular complexity index is 1210. The Balaban J connectivity index is 1.75. The average Bonchev–Trinajstić information content (AvgIpc) is 2.74. The number of amides is 1. The first-order valence-corrected chi connectivity index (χ1v) is 11.8. The van der Waals surface area contributed by atoms with Crippen molar-refractivity contribution >= 4 is 21.6 Å². The van der Waals surface area contributed by atoms with E-state index < -0.39 is 10.0 Å². The maximum absolute atomic E-state index is 12.7. The van der Waals surface area contributed by atoms with Gasteiger partial charge in [-0.15, -0.1) is 0 Å². The van der Waals surface area contributed by atoms with Crippen LogP contribution < -0.4 is 14.8 Å². The van der Waals surface area contributed by atoms with Crippen LogP contribution in [0.4, 0.5) is 5.69 Å². The van der Waals surface area contributed by atoms with Crippen molar-refractivity contribution in [1.29, 1.82) is 0 Å². The van der Waals surface area contributed by atoms with Crippen molar-refractivity contribution in [2.24, 2.45) is 0 Å². The molecule has 168 valence electrons. The number of anilines is 1. The average molecular weight is 454 g/mol. The van der Waals surface area contributed by atoms with E-state index in [4.69, 9.17) is 4.74 Å². The summed E-state index contributed by atoms with van der Waals surface area (Å²) in [5, 5.41) is 2.89. The SMILES string of the molecule is CC[C@H](C)NC(=O)c1cccnc1Oc1ccc(NS(=O)(=O)c2ccc(C)cc2C)cc1. The molecule has 2 N–H and O–H groups in total. The minimum atomic E-state index is -3.72. The van der Waals surface area contributed by atoms with Crippen LogP contribution in [0.15, 0.2) is 65.7 Å². The molecule has 1 heterocycles. The van der Waals surface area contributed by atoms with Crippen LogP contribution in [0.5, 0.6) is 11.6 Å². The molecule has 0 aliphatic carbocycles. The van der Waals surface area contributed by atoms with Crippen LogP contribution in [0, 0.1) is 13.8 Å². The number of nitrogens with one attached hydrogen (secondary N) is 2. The highest BCUT2D eigenvalue weighted by Gasteiger charge is 2.18. The number of pyridine rings is 1. The number of aromatic nitrogens is 1. The van der Waals surface area contributed by atoms with Crippen LogP contribution in [0.2, 0.25) is 0 Å². The smallest absolute Gasteiger partial charge is 0.262 e. The van der Waals surface area contributed by atoms with E-state index in [1.54, 1.807) is 61.7 Å². The number of benzene rings is 2. The molecule has 0 spiro atoms. The standard InChI is InChI=1S/C24H27N3O4S/c1-5-18(4)26-23(28)21-7-6-14-25-24(21)31-20-11-9-19(10-12-20)27-32(29,30)22-13-8-16(2)15-17(22)3/h6-15,18,27H,5H2,1-4H3,(H,26,28)/t18-/m0/s1. The molecular formula is C24H27N3O4S. The molecule has 0 saturated heterocycles. The molecule has 2 aromatic carbocycles. The molecular weight excluding hydrogens is 426 g/mol. The lowest BCUT2D eigenvalue weighted by molar-refractivity contribution is 0.0936. The van der Waals surface area contributed by atoms with Gasteiger partial charge < -0.3 is 10.1 Å². The predicted molar refractivity (Wildman–Crippen MR) is 125 cm³/mol. The Kier molecular flexibility index (Phi) is 7.15. The second-order valence-electron chi connectivity index (χ2n) is 7.64. The maximum Gasteiger partial charge on any atom is 0.262 e. The van der Waals surface area contributed by atoms with Gasteiger partial charge in [0.05, 0.1) is 4.90 Å². The Morgan fingerprint density at radius 1 is 1.09 bits per heavy atom. The molecule has 0 aliphatic heterocycles. The fraction of sp³-hybridized carbons (Fsp3) is 0.250. The Morgan fingerprint density at radius 2 is 1.81 bits per heavy atom. The molecule has 0 fully saturated rings. The molecule has 8 heteroatoms. The van der Waals surface area contributed by atoms with Crippen LogP contribution in [-0.4, -0.2) is 25.4 Å². The Morgan fingerprint density at radius 3 is 2.47 bits per heavy atom. The zero-order valence-corrected chi connectivity index (χ0v) is 19.4. The highest BCUT2D eigenvalue weighted by molar-refractivity contribution is 7.92. The van der Waals surface area contributed by atoms with E-state index >= 15 is 0 Å². The van der Waals surface area contributed by atoms with E-state index in [2.05, 4.69) is 15.0 Å². The summed E-state index contributed by atoms with van der Waals surface area (Å²) >= 11 is 0. The summed E-state index contributed by atoms with van der Waals surface area (Å²) in [5.74, 6) is 0.341. The normalized spacial score (nSPS) is 12.1. The number of carbonyl (C=O) groups is 1. The first-order chi connectivity index (χ1) is 15.2. The summed E-state index contributed by atoms with van der Waals surface area (Å²) in [4.78, 5) is 16.9. The minimum Gasteiger partial charge on any atom is -0.438 e. The minimum absolute atomic E-state index is 0.0278. The van der Waals surface area contributed by atoms with E-state index in [1.165, 1.54) is 0 Å². The van der Waals surface area contributed by atoms with Gasteiger partial charge in [-0.25, -0.2) is 13.4 Å². The van der Waals surface area contributed by atoms with E-state index in [1.807, 2.05) is 26.8 Å². The van der Waals surface area contributed by atoms with Gasteiger partial charge in [-0.05, 0) is 75.2 Å². The molecule has 3 aromatic rings. The van der Waals surface area contributed by atoms with Crippen molar-refractivity contribution in [3.63, 3.8) is 0 Å². The van der Waals surface area contributed by atoms with Crippen molar-refractivity contribution in [1.82, 2.24) is 10.3 Å². The van der Waals surface area contributed by atoms with Crippen LogP contribution in [0.1, 0.15) is 41.8 Å². The molecule has 1 amide bonds. The molecule has 1 aromatic heterocycles. The van der Waals surface area contributed by atoms with E-state index in [9.17, 15) is 13.2 Å². The monoisotopic (exact) mass is 453 g/mol. The van der Waals surface area contributed by atoms with Gasteiger partial charge in [0.1, 0.15) is 11.3 Å². The Labute approximate surface area is 188 Å². The molecule has 0 radical (unpaired) electrons. The van der Waals surface area contributed by atoms with E-state index in [-0.39, 0.29) is 22.7 Å². The van der Waals surface area contributed by atoms with Crippen LogP contribution in [-0.2, 0) is 10.0 Å². The van der Waals surface area contributed by atoms with Crippen LogP contribution in [0.25, 0.3) is 0 Å². The lowest BCUT2D eigenvalue weighted by Crippen LogP contribution is -2.32. The van der Waals surface area contributed by atoms with Gasteiger partial charge in [0.2, 0.25) is 5.88 Å². The Hall–Kier alpha value is -3.39. The van der Waals surface area contributed by atoms with Gasteiger partial charge in [0.25, 0.3) is 15.9 Å². The highest BCUT2D eigenvalue weighted by Crippen LogP contribution is 2.26. The number of ether oxygens (including phenoxy) is 1. The highest BCUT2D eigenvalue weighted by atomic mass is 32.2. The number of nitrogens with zero attached hydrogens (tertiary/aromatic N) is 1. The molecule has 3 rings (SSSR count). The zero-order chi connectivity index (χ0) is 23.3. The molecule has 0 saturated carbocycles. The third kappa shape index (κ3) is 5.64.